The fraction of sp³-hybridized carbons (Fsp3) is 0.600. The Kier molecular flexibility index (Phi) is 5.54. The first-order valence-corrected chi connectivity index (χ1v) is 6.43. The van der Waals surface area contributed by atoms with Gasteiger partial charge in [-0.2, -0.15) is 0 Å². The maximum Gasteiger partial charge on any atom is -0.00432 e. The second-order valence-electron chi connectivity index (χ2n) is 4.80. The second kappa shape index (κ2) is 6.70. The lowest BCUT2D eigenvalue weighted by atomic mass is 9.92. The Balaban J connectivity index is 2.49. The fourth-order valence-electron chi connectivity index (χ4n) is 2.15. The highest BCUT2D eigenvalue weighted by Gasteiger charge is 2.07. The Bertz CT molecular complexity index is 317. The van der Waals surface area contributed by atoms with Crippen LogP contribution in [0.1, 0.15) is 49.3 Å². The summed E-state index contributed by atoms with van der Waals surface area (Å²) >= 11 is 0. The molecule has 0 heterocycles. The maximum absolute atomic E-state index is 3.47. The van der Waals surface area contributed by atoms with E-state index in [0.717, 1.165) is 13.1 Å². The Morgan fingerprint density at radius 3 is 2.56 bits per heavy atom. The molecule has 1 N–H and O–H groups in total. The Labute approximate surface area is 100 Å². The summed E-state index contributed by atoms with van der Waals surface area (Å²) in [6, 6.07) is 6.79. The minimum atomic E-state index is 0.657. The second-order valence-corrected chi connectivity index (χ2v) is 4.80. The van der Waals surface area contributed by atoms with Gasteiger partial charge < -0.3 is 5.32 Å². The van der Waals surface area contributed by atoms with Gasteiger partial charge in [0.05, 0.1) is 0 Å². The minimum Gasteiger partial charge on any atom is -0.317 e. The van der Waals surface area contributed by atoms with Gasteiger partial charge in [0.1, 0.15) is 0 Å². The lowest BCUT2D eigenvalue weighted by Gasteiger charge is -2.15. The van der Waals surface area contributed by atoms with Crippen LogP contribution in [0.5, 0.6) is 0 Å². The van der Waals surface area contributed by atoms with E-state index in [-0.39, 0.29) is 0 Å². The highest BCUT2D eigenvalue weighted by atomic mass is 14.8. The van der Waals surface area contributed by atoms with Crippen LogP contribution in [0.25, 0.3) is 0 Å². The molecule has 16 heavy (non-hydrogen) atoms. The van der Waals surface area contributed by atoms with Gasteiger partial charge in [-0.3, -0.25) is 0 Å². The molecule has 0 amide bonds. The zero-order chi connectivity index (χ0) is 12.0. The van der Waals surface area contributed by atoms with E-state index in [1.54, 1.807) is 0 Å². The SMILES string of the molecule is CCCNCCC(C)c1ccc(C)cc1C. The summed E-state index contributed by atoms with van der Waals surface area (Å²) in [5.74, 6) is 0.657. The van der Waals surface area contributed by atoms with E-state index in [0.29, 0.717) is 5.92 Å². The van der Waals surface area contributed by atoms with Crippen LogP contribution in [0.2, 0.25) is 0 Å². The predicted octanol–water partition coefficient (Wildman–Crippen LogP) is 3.80. The molecule has 1 heteroatoms. The molecular weight excluding hydrogens is 194 g/mol. The zero-order valence-corrected chi connectivity index (χ0v) is 11.1. The van der Waals surface area contributed by atoms with Gasteiger partial charge in [-0.05, 0) is 56.8 Å². The molecule has 0 fully saturated rings. The number of rotatable bonds is 6. The highest BCUT2D eigenvalue weighted by Crippen LogP contribution is 2.22. The number of benzene rings is 1. The van der Waals surface area contributed by atoms with Crippen LogP contribution in [0.4, 0.5) is 0 Å². The molecule has 0 aromatic heterocycles. The van der Waals surface area contributed by atoms with Crippen molar-refractivity contribution in [1.29, 1.82) is 0 Å². The maximum atomic E-state index is 3.47. The van der Waals surface area contributed by atoms with Gasteiger partial charge in [0, 0.05) is 0 Å². The van der Waals surface area contributed by atoms with Gasteiger partial charge >= 0.3 is 0 Å². The number of nitrogens with one attached hydrogen (secondary N) is 1. The molecule has 1 nitrogen and oxygen atoms in total. The standard InChI is InChI=1S/C15H25N/c1-5-9-16-10-8-13(3)15-7-6-12(2)11-14(15)4/h6-7,11,13,16H,5,8-10H2,1-4H3. The third-order valence-electron chi connectivity index (χ3n) is 3.14. The third kappa shape index (κ3) is 3.97. The van der Waals surface area contributed by atoms with Crippen molar-refractivity contribution in [3.8, 4) is 0 Å². The van der Waals surface area contributed by atoms with Gasteiger partial charge in [-0.1, -0.05) is 37.6 Å². The van der Waals surface area contributed by atoms with Crippen LogP contribution >= 0.6 is 0 Å². The lowest BCUT2D eigenvalue weighted by molar-refractivity contribution is 0.589. The smallest absolute Gasteiger partial charge is 0.00432 e. The average molecular weight is 219 g/mol. The summed E-state index contributed by atoms with van der Waals surface area (Å²) in [4.78, 5) is 0. The fourth-order valence-corrected chi connectivity index (χ4v) is 2.15. The molecule has 0 saturated heterocycles. The first-order chi connectivity index (χ1) is 7.65. The molecule has 90 valence electrons. The van der Waals surface area contributed by atoms with E-state index in [1.807, 2.05) is 0 Å². The molecule has 0 saturated carbocycles. The molecule has 0 bridgehead atoms. The third-order valence-corrected chi connectivity index (χ3v) is 3.14. The van der Waals surface area contributed by atoms with Crippen molar-refractivity contribution >= 4 is 0 Å². The molecule has 1 aromatic carbocycles. The molecule has 0 aliphatic carbocycles. The number of aryl methyl sites for hydroxylation is 2. The van der Waals surface area contributed by atoms with Gasteiger partial charge in [0.15, 0.2) is 0 Å². The molecular formula is C15H25N. The van der Waals surface area contributed by atoms with Crippen molar-refractivity contribution in [2.75, 3.05) is 13.1 Å². The Morgan fingerprint density at radius 1 is 1.19 bits per heavy atom. The van der Waals surface area contributed by atoms with Gasteiger partial charge in [0.25, 0.3) is 0 Å². The first-order valence-electron chi connectivity index (χ1n) is 6.43. The average Bonchev–Trinajstić information content (AvgIpc) is 2.24. The van der Waals surface area contributed by atoms with E-state index < -0.39 is 0 Å². The minimum absolute atomic E-state index is 0.657. The van der Waals surface area contributed by atoms with Crippen molar-refractivity contribution in [1.82, 2.24) is 5.32 Å². The van der Waals surface area contributed by atoms with Gasteiger partial charge in [-0.15, -0.1) is 0 Å². The van der Waals surface area contributed by atoms with Crippen molar-refractivity contribution < 1.29 is 0 Å². The van der Waals surface area contributed by atoms with E-state index in [9.17, 15) is 0 Å². The van der Waals surface area contributed by atoms with Crippen LogP contribution in [-0.4, -0.2) is 13.1 Å². The van der Waals surface area contributed by atoms with E-state index in [2.05, 4.69) is 51.2 Å². The van der Waals surface area contributed by atoms with Gasteiger partial charge in [0.2, 0.25) is 0 Å². The quantitative estimate of drug-likeness (QED) is 0.718. The molecule has 0 aliphatic heterocycles. The highest BCUT2D eigenvalue weighted by molar-refractivity contribution is 5.32. The van der Waals surface area contributed by atoms with Crippen molar-refractivity contribution in [2.45, 2.75) is 46.5 Å². The van der Waals surface area contributed by atoms with E-state index in [1.165, 1.54) is 29.5 Å². The predicted molar refractivity (Wildman–Crippen MR) is 72.1 cm³/mol. The summed E-state index contributed by atoms with van der Waals surface area (Å²) in [5, 5.41) is 3.47. The Morgan fingerprint density at radius 2 is 1.94 bits per heavy atom. The van der Waals surface area contributed by atoms with Gasteiger partial charge in [-0.25, -0.2) is 0 Å². The van der Waals surface area contributed by atoms with E-state index >= 15 is 0 Å². The first kappa shape index (κ1) is 13.2. The topological polar surface area (TPSA) is 12.0 Å². The summed E-state index contributed by atoms with van der Waals surface area (Å²) < 4.78 is 0. The normalized spacial score (nSPS) is 12.8. The summed E-state index contributed by atoms with van der Waals surface area (Å²) in [6.45, 7) is 11.2. The van der Waals surface area contributed by atoms with Crippen molar-refractivity contribution in [3.63, 3.8) is 0 Å². The van der Waals surface area contributed by atoms with Crippen LogP contribution < -0.4 is 5.32 Å². The monoisotopic (exact) mass is 219 g/mol. The van der Waals surface area contributed by atoms with Crippen LogP contribution in [-0.2, 0) is 0 Å². The Hall–Kier alpha value is -0.820. The molecule has 1 rings (SSSR count). The molecule has 0 spiro atoms. The zero-order valence-electron chi connectivity index (χ0n) is 11.1. The number of hydrogen-bond acceptors (Lipinski definition) is 1. The number of hydrogen-bond donors (Lipinski definition) is 1. The largest absolute Gasteiger partial charge is 0.317 e. The van der Waals surface area contributed by atoms with Crippen LogP contribution in [0, 0.1) is 13.8 Å². The summed E-state index contributed by atoms with van der Waals surface area (Å²) in [5.41, 5.74) is 4.30. The molecule has 0 radical (unpaired) electrons. The molecule has 0 aliphatic rings. The van der Waals surface area contributed by atoms with E-state index in [4.69, 9.17) is 0 Å². The summed E-state index contributed by atoms with van der Waals surface area (Å²) in [7, 11) is 0. The molecule has 1 aromatic rings. The van der Waals surface area contributed by atoms with Crippen molar-refractivity contribution in [3.05, 3.63) is 34.9 Å². The van der Waals surface area contributed by atoms with Crippen LogP contribution in [0.3, 0.4) is 0 Å². The summed E-state index contributed by atoms with van der Waals surface area (Å²) in [6.07, 6.45) is 2.45. The molecule has 1 atom stereocenters. The molecule has 1 unspecified atom stereocenters. The lowest BCUT2D eigenvalue weighted by Crippen LogP contribution is -2.17. The van der Waals surface area contributed by atoms with Crippen LogP contribution in [0.15, 0.2) is 18.2 Å². The van der Waals surface area contributed by atoms with Crippen molar-refractivity contribution in [2.24, 2.45) is 0 Å².